The van der Waals surface area contributed by atoms with Gasteiger partial charge < -0.3 is 8.98 Å². The lowest BCUT2D eigenvalue weighted by molar-refractivity contribution is 0.666. The van der Waals surface area contributed by atoms with Gasteiger partial charge in [-0.25, -0.2) is 15.0 Å². The van der Waals surface area contributed by atoms with Crippen LogP contribution in [-0.4, -0.2) is 19.5 Å². The van der Waals surface area contributed by atoms with E-state index >= 15 is 0 Å². The minimum absolute atomic E-state index is 0.585. The molecule has 0 aliphatic carbocycles. The van der Waals surface area contributed by atoms with Crippen LogP contribution in [0.2, 0.25) is 0 Å². The Balaban J connectivity index is 1.05. The topological polar surface area (TPSA) is 56.7 Å². The Labute approximate surface area is 355 Å². The van der Waals surface area contributed by atoms with Gasteiger partial charge >= 0.3 is 0 Å². The highest BCUT2D eigenvalue weighted by molar-refractivity contribution is 6.17. The van der Waals surface area contributed by atoms with Crippen molar-refractivity contribution in [1.82, 2.24) is 19.5 Å². The monoisotopic (exact) mass is 790 g/mol. The summed E-state index contributed by atoms with van der Waals surface area (Å²) in [5.74, 6) is 1.81. The third-order valence-corrected chi connectivity index (χ3v) is 12.4. The van der Waals surface area contributed by atoms with Crippen molar-refractivity contribution in [2.45, 2.75) is 0 Å². The van der Waals surface area contributed by atoms with Crippen molar-refractivity contribution in [2.75, 3.05) is 0 Å². The van der Waals surface area contributed by atoms with Crippen molar-refractivity contribution in [3.8, 4) is 51.0 Å². The highest BCUT2D eigenvalue weighted by Gasteiger charge is 2.22. The molecule has 0 aliphatic heterocycles. The smallest absolute Gasteiger partial charge is 0.164 e. The average molecular weight is 791 g/mol. The van der Waals surface area contributed by atoms with Crippen LogP contribution >= 0.6 is 0 Å². The van der Waals surface area contributed by atoms with Crippen molar-refractivity contribution >= 4 is 76.1 Å². The summed E-state index contributed by atoms with van der Waals surface area (Å²) >= 11 is 0. The molecule has 0 aliphatic rings. The van der Waals surface area contributed by atoms with Gasteiger partial charge in [-0.2, -0.15) is 0 Å². The zero-order valence-electron chi connectivity index (χ0n) is 33.3. The molecule has 0 N–H and O–H groups in total. The Morgan fingerprint density at radius 2 is 0.903 bits per heavy atom. The molecule has 5 heteroatoms. The summed E-state index contributed by atoms with van der Waals surface area (Å²) in [5, 5.41) is 11.3. The van der Waals surface area contributed by atoms with Crippen LogP contribution < -0.4 is 0 Å². The first kappa shape index (κ1) is 34.5. The first-order valence-electron chi connectivity index (χ1n) is 20.9. The van der Waals surface area contributed by atoms with E-state index in [-0.39, 0.29) is 0 Å². The molecule has 5 nitrogen and oxygen atoms in total. The van der Waals surface area contributed by atoms with Crippen LogP contribution in [0.5, 0.6) is 0 Å². The van der Waals surface area contributed by atoms with E-state index < -0.39 is 0 Å². The summed E-state index contributed by atoms with van der Waals surface area (Å²) in [6, 6.07) is 72.8. The largest absolute Gasteiger partial charge is 0.454 e. The number of rotatable bonds is 5. The molecule has 3 heterocycles. The van der Waals surface area contributed by atoms with Crippen molar-refractivity contribution < 1.29 is 4.42 Å². The van der Waals surface area contributed by atoms with Gasteiger partial charge in [0.1, 0.15) is 5.58 Å². The van der Waals surface area contributed by atoms with Gasteiger partial charge in [0.25, 0.3) is 0 Å². The van der Waals surface area contributed by atoms with Crippen molar-refractivity contribution in [1.29, 1.82) is 0 Å². The molecular weight excluding hydrogens is 757 g/mol. The Kier molecular flexibility index (Phi) is 7.54. The first-order chi connectivity index (χ1) is 30.7. The Hall–Kier alpha value is -8.41. The Morgan fingerprint density at radius 1 is 0.339 bits per heavy atom. The van der Waals surface area contributed by atoms with E-state index in [0.29, 0.717) is 17.5 Å². The molecule has 0 bridgehead atoms. The molecule has 0 saturated carbocycles. The second kappa shape index (κ2) is 13.6. The van der Waals surface area contributed by atoms with Crippen LogP contribution in [0.15, 0.2) is 211 Å². The van der Waals surface area contributed by atoms with Crippen LogP contribution in [0.3, 0.4) is 0 Å². The molecule has 10 aromatic carbocycles. The van der Waals surface area contributed by atoms with E-state index in [1.807, 2.05) is 12.1 Å². The van der Waals surface area contributed by atoms with Gasteiger partial charge in [0.05, 0.1) is 16.7 Å². The molecule has 0 unspecified atom stereocenters. The summed E-state index contributed by atoms with van der Waals surface area (Å²) in [5.41, 5.74) is 9.87. The van der Waals surface area contributed by atoms with Gasteiger partial charge in [-0.1, -0.05) is 158 Å². The number of para-hydroxylation sites is 1. The highest BCUT2D eigenvalue weighted by atomic mass is 16.3. The van der Waals surface area contributed by atoms with Crippen LogP contribution in [0.1, 0.15) is 0 Å². The second-order valence-corrected chi connectivity index (χ2v) is 16.0. The summed E-state index contributed by atoms with van der Waals surface area (Å²) < 4.78 is 9.35. The van der Waals surface area contributed by atoms with Gasteiger partial charge in [0.15, 0.2) is 23.1 Å². The van der Waals surface area contributed by atoms with E-state index in [2.05, 4.69) is 199 Å². The van der Waals surface area contributed by atoms with E-state index in [1.165, 1.54) is 43.4 Å². The maximum atomic E-state index is 6.98. The second-order valence-electron chi connectivity index (χ2n) is 16.0. The molecule has 0 atom stereocenters. The van der Waals surface area contributed by atoms with E-state index in [4.69, 9.17) is 19.4 Å². The fourth-order valence-electron chi connectivity index (χ4n) is 9.38. The van der Waals surface area contributed by atoms with Crippen molar-refractivity contribution in [3.05, 3.63) is 206 Å². The van der Waals surface area contributed by atoms with Crippen LogP contribution in [0.25, 0.3) is 127 Å². The van der Waals surface area contributed by atoms with Gasteiger partial charge in [-0.05, 0) is 92.0 Å². The van der Waals surface area contributed by atoms with Gasteiger partial charge in [-0.3, -0.25) is 0 Å². The molecule has 62 heavy (non-hydrogen) atoms. The molecular formula is C57H34N4O. The summed E-state index contributed by atoms with van der Waals surface area (Å²) in [4.78, 5) is 15.7. The molecule has 0 amide bonds. The number of hydrogen-bond acceptors (Lipinski definition) is 4. The molecule has 288 valence electrons. The standard InChI is InChI=1S/C57H34N4O/c1-2-12-35(13-3-1)42-28-29-49-47(33-42)48-32-40-18-8-9-19-41(40)34-51(48)61(49)50-22-10-20-45-53-46(21-11-23-52(53)62-54(45)50)57-59-55(43-26-24-36-14-4-6-16-38(36)30-43)58-56(60-57)44-27-25-37-15-5-7-17-39(37)31-44/h1-34H. The SMILES string of the molecule is c1ccc(-c2ccc3c(c2)c2cc4ccccc4cc2n3-c2cccc3c2oc2cccc(-c4nc(-c5ccc6ccccc6c5)nc(-c5ccc6ccccc6c5)n4)c23)cc1. The fourth-order valence-corrected chi connectivity index (χ4v) is 9.38. The molecule has 13 rings (SSSR count). The van der Waals surface area contributed by atoms with Gasteiger partial charge in [0, 0.05) is 38.2 Å². The number of nitrogens with zero attached hydrogens (tertiary/aromatic N) is 4. The number of benzene rings is 10. The Morgan fingerprint density at radius 3 is 1.60 bits per heavy atom. The Bertz CT molecular complexity index is 3840. The third kappa shape index (κ3) is 5.45. The maximum absolute atomic E-state index is 6.98. The van der Waals surface area contributed by atoms with Gasteiger partial charge in [-0.15, -0.1) is 0 Å². The molecule has 0 fully saturated rings. The van der Waals surface area contributed by atoms with E-state index in [1.54, 1.807) is 0 Å². The predicted molar refractivity (Wildman–Crippen MR) is 256 cm³/mol. The van der Waals surface area contributed by atoms with E-state index in [9.17, 15) is 0 Å². The number of fused-ring (bicyclic) bond motifs is 9. The first-order valence-corrected chi connectivity index (χ1v) is 20.9. The maximum Gasteiger partial charge on any atom is 0.164 e. The summed E-state index contributed by atoms with van der Waals surface area (Å²) in [7, 11) is 0. The molecule has 0 radical (unpaired) electrons. The van der Waals surface area contributed by atoms with E-state index in [0.717, 1.165) is 66.1 Å². The quantitative estimate of drug-likeness (QED) is 0.174. The highest BCUT2D eigenvalue weighted by Crippen LogP contribution is 2.43. The molecule has 3 aromatic heterocycles. The number of furan rings is 1. The lowest BCUT2D eigenvalue weighted by Gasteiger charge is -2.11. The lowest BCUT2D eigenvalue weighted by atomic mass is 10.0. The molecule has 0 spiro atoms. The van der Waals surface area contributed by atoms with Crippen LogP contribution in [0.4, 0.5) is 0 Å². The van der Waals surface area contributed by atoms with Crippen LogP contribution in [0, 0.1) is 0 Å². The number of aromatic nitrogens is 4. The summed E-state index contributed by atoms with van der Waals surface area (Å²) in [6.45, 7) is 0. The lowest BCUT2D eigenvalue weighted by Crippen LogP contribution is -2.00. The number of hydrogen-bond donors (Lipinski definition) is 0. The molecule has 0 saturated heterocycles. The zero-order chi connectivity index (χ0) is 40.7. The van der Waals surface area contributed by atoms with Crippen LogP contribution in [-0.2, 0) is 0 Å². The average Bonchev–Trinajstić information content (AvgIpc) is 3.88. The predicted octanol–water partition coefficient (Wildman–Crippen LogP) is 15.0. The normalized spacial score (nSPS) is 11.9. The van der Waals surface area contributed by atoms with Crippen molar-refractivity contribution in [3.63, 3.8) is 0 Å². The minimum atomic E-state index is 0.585. The van der Waals surface area contributed by atoms with Gasteiger partial charge in [0.2, 0.25) is 0 Å². The fraction of sp³-hybridized carbons (Fsp3) is 0. The third-order valence-electron chi connectivity index (χ3n) is 12.4. The minimum Gasteiger partial charge on any atom is -0.454 e. The van der Waals surface area contributed by atoms with Crippen molar-refractivity contribution in [2.24, 2.45) is 0 Å². The molecule has 13 aromatic rings. The summed E-state index contributed by atoms with van der Waals surface area (Å²) in [6.07, 6.45) is 0. The zero-order valence-corrected chi connectivity index (χ0v) is 33.3.